The summed E-state index contributed by atoms with van der Waals surface area (Å²) in [5.74, 6) is 1.70. The second kappa shape index (κ2) is 4.05. The molecule has 1 unspecified atom stereocenters. The van der Waals surface area contributed by atoms with Crippen LogP contribution in [0.1, 0.15) is 36.8 Å². The van der Waals surface area contributed by atoms with Crippen LogP contribution in [0.3, 0.4) is 0 Å². The molecule has 1 aromatic carbocycles. The maximum absolute atomic E-state index is 11.5. The van der Waals surface area contributed by atoms with Gasteiger partial charge in [0.15, 0.2) is 0 Å². The Morgan fingerprint density at radius 2 is 2.20 bits per heavy atom. The summed E-state index contributed by atoms with van der Waals surface area (Å²) >= 11 is 0. The summed E-state index contributed by atoms with van der Waals surface area (Å²) in [6.45, 7) is 2.18. The normalized spacial score (nSPS) is 20.7. The Morgan fingerprint density at radius 1 is 1.40 bits per heavy atom. The Kier molecular flexibility index (Phi) is 2.76. The van der Waals surface area contributed by atoms with Gasteiger partial charge in [-0.3, -0.25) is 4.79 Å². The number of Topliss-reactive ketones (excluding diaryl/α,β-unsaturated/α-hetero) is 1. The van der Waals surface area contributed by atoms with Crippen LogP contribution in [0.15, 0.2) is 18.2 Å². The summed E-state index contributed by atoms with van der Waals surface area (Å²) in [7, 11) is 1.67. The number of fused-ring (bicyclic) bond motifs is 1. The highest BCUT2D eigenvalue weighted by molar-refractivity contribution is 5.82. The van der Waals surface area contributed by atoms with Crippen LogP contribution in [0.25, 0.3) is 0 Å². The fourth-order valence-corrected chi connectivity index (χ4v) is 2.15. The molecular formula is C13H16O2. The Bertz CT molecular complexity index is 382. The molecule has 2 rings (SSSR count). The predicted molar refractivity (Wildman–Crippen MR) is 59.4 cm³/mol. The molecule has 0 radical (unpaired) electrons. The number of ether oxygens (including phenoxy) is 1. The predicted octanol–water partition coefficient (Wildman–Crippen LogP) is 2.70. The van der Waals surface area contributed by atoms with E-state index < -0.39 is 0 Å². The van der Waals surface area contributed by atoms with Crippen molar-refractivity contribution in [1.82, 2.24) is 0 Å². The summed E-state index contributed by atoms with van der Waals surface area (Å²) in [5, 5.41) is 0. The lowest BCUT2D eigenvalue weighted by Crippen LogP contribution is -2.00. The van der Waals surface area contributed by atoms with E-state index in [1.807, 2.05) is 12.1 Å². The van der Waals surface area contributed by atoms with Crippen LogP contribution < -0.4 is 4.74 Å². The maximum Gasteiger partial charge on any atom is 0.137 e. The average molecular weight is 204 g/mol. The molecule has 0 aromatic heterocycles. The lowest BCUT2D eigenvalue weighted by Gasteiger charge is -2.13. The van der Waals surface area contributed by atoms with Gasteiger partial charge in [0, 0.05) is 12.8 Å². The molecule has 15 heavy (non-hydrogen) atoms. The molecule has 0 heterocycles. The van der Waals surface area contributed by atoms with Gasteiger partial charge in [0.05, 0.1) is 7.11 Å². The quantitative estimate of drug-likeness (QED) is 0.657. The highest BCUT2D eigenvalue weighted by atomic mass is 16.5. The van der Waals surface area contributed by atoms with Gasteiger partial charge in [-0.25, -0.2) is 0 Å². The molecule has 0 bridgehead atoms. The first kappa shape index (κ1) is 10.2. The monoisotopic (exact) mass is 204 g/mol. The number of rotatable bonds is 1. The smallest absolute Gasteiger partial charge is 0.137 e. The number of hydrogen-bond acceptors (Lipinski definition) is 2. The van der Waals surface area contributed by atoms with Crippen LogP contribution in [-0.4, -0.2) is 12.9 Å². The van der Waals surface area contributed by atoms with E-state index in [0.717, 1.165) is 12.2 Å². The number of carbonyl (C=O) groups is 1. The Hall–Kier alpha value is -1.31. The Labute approximate surface area is 90.3 Å². The van der Waals surface area contributed by atoms with Gasteiger partial charge in [0.25, 0.3) is 0 Å². The van der Waals surface area contributed by atoms with Gasteiger partial charge in [-0.15, -0.1) is 0 Å². The fraction of sp³-hybridized carbons (Fsp3) is 0.462. The van der Waals surface area contributed by atoms with Crippen molar-refractivity contribution in [3.05, 3.63) is 29.3 Å². The molecule has 1 aromatic rings. The van der Waals surface area contributed by atoms with Gasteiger partial charge in [-0.2, -0.15) is 0 Å². The molecule has 1 aliphatic rings. The lowest BCUT2D eigenvalue weighted by atomic mass is 9.94. The van der Waals surface area contributed by atoms with Gasteiger partial charge in [0.1, 0.15) is 11.5 Å². The molecule has 0 saturated heterocycles. The van der Waals surface area contributed by atoms with Gasteiger partial charge >= 0.3 is 0 Å². The number of benzene rings is 1. The van der Waals surface area contributed by atoms with E-state index in [1.54, 1.807) is 7.11 Å². The molecule has 0 aliphatic heterocycles. The average Bonchev–Trinajstić information content (AvgIpc) is 2.39. The van der Waals surface area contributed by atoms with Crippen molar-refractivity contribution in [1.29, 1.82) is 0 Å². The largest absolute Gasteiger partial charge is 0.497 e. The van der Waals surface area contributed by atoms with Crippen molar-refractivity contribution >= 4 is 5.78 Å². The molecule has 0 spiro atoms. The standard InChI is InChI=1S/C13H16O2/c1-9-3-5-11(14)7-10-4-6-12(15-2)8-13(9)10/h4,6,8-9H,3,5,7H2,1-2H3. The molecule has 0 fully saturated rings. The first-order chi connectivity index (χ1) is 7.20. The Balaban J connectivity index is 2.43. The van der Waals surface area contributed by atoms with Crippen LogP contribution in [0.2, 0.25) is 0 Å². The van der Waals surface area contributed by atoms with Crippen LogP contribution in [-0.2, 0) is 11.2 Å². The van der Waals surface area contributed by atoms with Crippen molar-refractivity contribution < 1.29 is 9.53 Å². The van der Waals surface area contributed by atoms with E-state index in [-0.39, 0.29) is 0 Å². The molecule has 1 aliphatic carbocycles. The third-order valence-electron chi connectivity index (χ3n) is 3.13. The number of hydrogen-bond donors (Lipinski definition) is 0. The van der Waals surface area contributed by atoms with Crippen LogP contribution in [0.5, 0.6) is 5.75 Å². The van der Waals surface area contributed by atoms with E-state index in [9.17, 15) is 4.79 Å². The van der Waals surface area contributed by atoms with Gasteiger partial charge < -0.3 is 4.74 Å². The zero-order valence-electron chi connectivity index (χ0n) is 9.25. The molecule has 2 nitrogen and oxygen atoms in total. The fourth-order valence-electron chi connectivity index (χ4n) is 2.15. The minimum Gasteiger partial charge on any atom is -0.497 e. The third-order valence-corrected chi connectivity index (χ3v) is 3.13. The zero-order chi connectivity index (χ0) is 10.8. The first-order valence-electron chi connectivity index (χ1n) is 5.39. The van der Waals surface area contributed by atoms with Crippen molar-refractivity contribution in [3.63, 3.8) is 0 Å². The summed E-state index contributed by atoms with van der Waals surface area (Å²) in [6.07, 6.45) is 2.25. The molecule has 0 amide bonds. The maximum atomic E-state index is 11.5. The van der Waals surface area contributed by atoms with E-state index in [1.165, 1.54) is 11.1 Å². The SMILES string of the molecule is COc1ccc2c(c1)C(C)CCC(=O)C2. The molecule has 0 N–H and O–H groups in total. The first-order valence-corrected chi connectivity index (χ1v) is 5.39. The Morgan fingerprint density at radius 3 is 2.93 bits per heavy atom. The van der Waals surface area contributed by atoms with Gasteiger partial charge in [-0.05, 0) is 35.6 Å². The van der Waals surface area contributed by atoms with Crippen LogP contribution in [0, 0.1) is 0 Å². The van der Waals surface area contributed by atoms with Crippen molar-refractivity contribution in [2.75, 3.05) is 7.11 Å². The summed E-state index contributed by atoms with van der Waals surface area (Å²) < 4.78 is 5.21. The second-order valence-corrected chi connectivity index (χ2v) is 4.22. The highest BCUT2D eigenvalue weighted by Crippen LogP contribution is 2.31. The van der Waals surface area contributed by atoms with Crippen molar-refractivity contribution in [2.24, 2.45) is 0 Å². The minimum absolute atomic E-state index is 0.353. The molecule has 80 valence electrons. The topological polar surface area (TPSA) is 26.3 Å². The van der Waals surface area contributed by atoms with Gasteiger partial charge in [-0.1, -0.05) is 13.0 Å². The minimum atomic E-state index is 0.353. The molecule has 1 atom stereocenters. The van der Waals surface area contributed by atoms with Crippen LogP contribution in [0.4, 0.5) is 0 Å². The van der Waals surface area contributed by atoms with Gasteiger partial charge in [0.2, 0.25) is 0 Å². The zero-order valence-corrected chi connectivity index (χ0v) is 9.25. The van der Waals surface area contributed by atoms with E-state index >= 15 is 0 Å². The second-order valence-electron chi connectivity index (χ2n) is 4.22. The van der Waals surface area contributed by atoms with Crippen molar-refractivity contribution in [2.45, 2.75) is 32.1 Å². The van der Waals surface area contributed by atoms with E-state index in [2.05, 4.69) is 13.0 Å². The summed E-state index contributed by atoms with van der Waals surface area (Å²) in [4.78, 5) is 11.5. The number of carbonyl (C=O) groups excluding carboxylic acids is 1. The highest BCUT2D eigenvalue weighted by Gasteiger charge is 2.19. The number of ketones is 1. The molecule has 0 saturated carbocycles. The molecular weight excluding hydrogens is 188 g/mol. The van der Waals surface area contributed by atoms with E-state index in [4.69, 9.17) is 4.74 Å². The number of methoxy groups -OCH3 is 1. The third kappa shape index (κ3) is 2.04. The van der Waals surface area contributed by atoms with E-state index in [0.29, 0.717) is 24.5 Å². The summed E-state index contributed by atoms with van der Waals surface area (Å²) in [5.41, 5.74) is 2.45. The lowest BCUT2D eigenvalue weighted by molar-refractivity contribution is -0.118. The summed E-state index contributed by atoms with van der Waals surface area (Å²) in [6, 6.07) is 6.02. The van der Waals surface area contributed by atoms with Crippen LogP contribution >= 0.6 is 0 Å². The van der Waals surface area contributed by atoms with Crippen molar-refractivity contribution in [3.8, 4) is 5.75 Å². The molecule has 2 heteroatoms.